The number of nitrogens with zero attached hydrogens (tertiary/aromatic N) is 2. The van der Waals surface area contributed by atoms with Crippen molar-refractivity contribution in [2.75, 3.05) is 13.2 Å². The molecular formula is C32H30N2O6. The molecular weight excluding hydrogens is 508 g/mol. The summed E-state index contributed by atoms with van der Waals surface area (Å²) in [6.07, 6.45) is 4.85. The van der Waals surface area contributed by atoms with E-state index in [1.165, 1.54) is 0 Å². The molecule has 6 rings (SSSR count). The molecule has 0 radical (unpaired) electrons. The molecule has 1 saturated carbocycles. The largest absolute Gasteiger partial charge is 0.462 e. The Balaban J connectivity index is 1.71. The maximum absolute atomic E-state index is 13.9. The standard InChI is InChI=1S/C32H30N2O6/c1-3-38-30(36)25-26(31(37)39-4-2)32(40-29(25)33-20-13-6-5-7-14-20)23-16-10-9-15-21(23)27(35)22-18-19-12-8-11-17-24(19)34-28(22)32/h8-12,15-18,20H,3-7,13-14H2,1-2H3. The Bertz CT molecular complexity index is 1600. The third-order valence-electron chi connectivity index (χ3n) is 7.75. The molecule has 2 aromatic carbocycles. The molecule has 1 atom stereocenters. The van der Waals surface area contributed by atoms with Crippen LogP contribution in [0.3, 0.4) is 0 Å². The van der Waals surface area contributed by atoms with E-state index in [0.717, 1.165) is 37.5 Å². The van der Waals surface area contributed by atoms with Gasteiger partial charge in [0.1, 0.15) is 16.8 Å². The van der Waals surface area contributed by atoms with Crippen molar-refractivity contribution in [3.63, 3.8) is 0 Å². The lowest BCUT2D eigenvalue weighted by Gasteiger charge is -2.36. The van der Waals surface area contributed by atoms with Crippen LogP contribution in [0, 0.1) is 0 Å². The summed E-state index contributed by atoms with van der Waals surface area (Å²) in [4.78, 5) is 51.2. The number of para-hydroxylation sites is 1. The molecule has 1 spiro atoms. The first kappa shape index (κ1) is 25.9. The highest BCUT2D eigenvalue weighted by Gasteiger charge is 2.60. The minimum atomic E-state index is -1.73. The highest BCUT2D eigenvalue weighted by molar-refractivity contribution is 6.25. The van der Waals surface area contributed by atoms with Crippen LogP contribution in [0.4, 0.5) is 0 Å². The molecule has 8 nitrogen and oxygen atoms in total. The van der Waals surface area contributed by atoms with Gasteiger partial charge in [-0.15, -0.1) is 0 Å². The molecule has 1 unspecified atom stereocenters. The minimum absolute atomic E-state index is 0.0264. The summed E-state index contributed by atoms with van der Waals surface area (Å²) < 4.78 is 17.8. The second-order valence-corrected chi connectivity index (χ2v) is 10.2. The summed E-state index contributed by atoms with van der Waals surface area (Å²) in [6, 6.07) is 16.1. The van der Waals surface area contributed by atoms with E-state index in [1.54, 1.807) is 44.2 Å². The van der Waals surface area contributed by atoms with Crippen LogP contribution in [-0.4, -0.2) is 47.9 Å². The van der Waals surface area contributed by atoms with Gasteiger partial charge >= 0.3 is 11.9 Å². The zero-order valence-electron chi connectivity index (χ0n) is 22.6. The summed E-state index contributed by atoms with van der Waals surface area (Å²) in [5.41, 5.74) is 0.0447. The van der Waals surface area contributed by atoms with Gasteiger partial charge in [0.2, 0.25) is 11.5 Å². The van der Waals surface area contributed by atoms with Gasteiger partial charge in [-0.2, -0.15) is 0 Å². The van der Waals surface area contributed by atoms with E-state index in [4.69, 9.17) is 24.2 Å². The SMILES string of the molecule is CCOC(=O)C1=C(C(=O)OCC)C2(OC1=NC1CCCCC1)c1ccccc1C(=O)c1cc3ccccc3nc12. The molecule has 2 heterocycles. The molecule has 40 heavy (non-hydrogen) atoms. The molecule has 1 aromatic heterocycles. The quantitative estimate of drug-likeness (QED) is 0.411. The molecule has 0 amide bonds. The van der Waals surface area contributed by atoms with Crippen molar-refractivity contribution in [2.45, 2.75) is 57.6 Å². The fourth-order valence-electron chi connectivity index (χ4n) is 6.01. The second kappa shape index (κ2) is 10.3. The van der Waals surface area contributed by atoms with Gasteiger partial charge in [-0.25, -0.2) is 19.6 Å². The Labute approximate surface area is 232 Å². The van der Waals surface area contributed by atoms with Crippen molar-refractivity contribution in [1.29, 1.82) is 0 Å². The van der Waals surface area contributed by atoms with E-state index in [-0.39, 0.29) is 47.8 Å². The molecule has 0 saturated heterocycles. The number of esters is 2. The molecule has 0 N–H and O–H groups in total. The van der Waals surface area contributed by atoms with Gasteiger partial charge in [0.15, 0.2) is 5.78 Å². The number of benzene rings is 2. The summed E-state index contributed by atoms with van der Waals surface area (Å²) in [5, 5.41) is 0.769. The fraction of sp³-hybridized carbons (Fsp3) is 0.344. The average Bonchev–Trinajstić information content (AvgIpc) is 3.31. The smallest absolute Gasteiger partial charge is 0.344 e. The monoisotopic (exact) mass is 538 g/mol. The summed E-state index contributed by atoms with van der Waals surface area (Å²) >= 11 is 0. The number of hydrogen-bond acceptors (Lipinski definition) is 8. The highest BCUT2D eigenvalue weighted by Crippen LogP contribution is 2.52. The number of carbonyl (C=O) groups excluding carboxylic acids is 3. The van der Waals surface area contributed by atoms with E-state index in [2.05, 4.69) is 0 Å². The van der Waals surface area contributed by atoms with Crippen LogP contribution in [0.25, 0.3) is 10.9 Å². The highest BCUT2D eigenvalue weighted by atomic mass is 16.6. The number of aromatic nitrogens is 1. The van der Waals surface area contributed by atoms with Gasteiger partial charge in [-0.1, -0.05) is 61.7 Å². The Morgan fingerprint density at radius 1 is 0.950 bits per heavy atom. The number of hydrogen-bond donors (Lipinski definition) is 0. The van der Waals surface area contributed by atoms with Gasteiger partial charge in [-0.05, 0) is 38.8 Å². The van der Waals surface area contributed by atoms with Crippen molar-refractivity contribution < 1.29 is 28.6 Å². The number of ether oxygens (including phenoxy) is 3. The zero-order chi connectivity index (χ0) is 27.9. The van der Waals surface area contributed by atoms with Crippen LogP contribution in [0.1, 0.15) is 73.1 Å². The van der Waals surface area contributed by atoms with Crippen molar-refractivity contribution in [3.8, 4) is 0 Å². The van der Waals surface area contributed by atoms with Crippen LogP contribution < -0.4 is 0 Å². The van der Waals surface area contributed by atoms with Crippen molar-refractivity contribution >= 4 is 34.5 Å². The molecule has 204 valence electrons. The summed E-state index contributed by atoms with van der Waals surface area (Å²) in [6.45, 7) is 3.56. The Kier molecular flexibility index (Phi) is 6.70. The van der Waals surface area contributed by atoms with Crippen LogP contribution in [0.15, 0.2) is 70.7 Å². The number of pyridine rings is 1. The van der Waals surface area contributed by atoms with E-state index < -0.39 is 17.5 Å². The summed E-state index contributed by atoms with van der Waals surface area (Å²) in [7, 11) is 0. The van der Waals surface area contributed by atoms with Crippen molar-refractivity contribution in [2.24, 2.45) is 4.99 Å². The number of fused-ring (bicyclic) bond motifs is 5. The fourth-order valence-corrected chi connectivity index (χ4v) is 6.01. The predicted molar refractivity (Wildman–Crippen MR) is 148 cm³/mol. The molecule has 3 aromatic rings. The first-order valence-corrected chi connectivity index (χ1v) is 13.9. The second-order valence-electron chi connectivity index (χ2n) is 10.2. The topological polar surface area (TPSA) is 104 Å². The van der Waals surface area contributed by atoms with Gasteiger partial charge in [0.25, 0.3) is 0 Å². The third-order valence-corrected chi connectivity index (χ3v) is 7.75. The lowest BCUT2D eigenvalue weighted by molar-refractivity contribution is -0.142. The van der Waals surface area contributed by atoms with Crippen LogP contribution in [-0.2, 0) is 29.4 Å². The molecule has 1 fully saturated rings. The molecule has 8 heteroatoms. The average molecular weight is 539 g/mol. The lowest BCUT2D eigenvalue weighted by atomic mass is 9.72. The third kappa shape index (κ3) is 4.01. The first-order chi connectivity index (χ1) is 19.5. The number of aliphatic imine (C=N–C) groups is 1. The van der Waals surface area contributed by atoms with Gasteiger partial charge in [0.05, 0.1) is 24.8 Å². The van der Waals surface area contributed by atoms with Gasteiger partial charge < -0.3 is 14.2 Å². The van der Waals surface area contributed by atoms with Gasteiger partial charge in [0, 0.05) is 22.1 Å². The predicted octanol–water partition coefficient (Wildman–Crippen LogP) is 5.21. The normalized spacial score (nSPS) is 21.4. The number of carbonyl (C=O) groups is 3. The van der Waals surface area contributed by atoms with Crippen LogP contribution in [0.2, 0.25) is 0 Å². The van der Waals surface area contributed by atoms with Crippen LogP contribution in [0.5, 0.6) is 0 Å². The van der Waals surface area contributed by atoms with Crippen LogP contribution >= 0.6 is 0 Å². The maximum atomic E-state index is 13.9. The maximum Gasteiger partial charge on any atom is 0.344 e. The minimum Gasteiger partial charge on any atom is -0.462 e. The number of rotatable bonds is 5. The van der Waals surface area contributed by atoms with Crippen molar-refractivity contribution in [1.82, 2.24) is 4.98 Å². The van der Waals surface area contributed by atoms with E-state index in [1.807, 2.05) is 24.3 Å². The first-order valence-electron chi connectivity index (χ1n) is 13.9. The van der Waals surface area contributed by atoms with E-state index >= 15 is 0 Å². The Morgan fingerprint density at radius 2 is 1.65 bits per heavy atom. The van der Waals surface area contributed by atoms with Gasteiger partial charge in [-0.3, -0.25) is 4.79 Å². The zero-order valence-corrected chi connectivity index (χ0v) is 22.6. The Morgan fingerprint density at radius 3 is 2.42 bits per heavy atom. The van der Waals surface area contributed by atoms with E-state index in [9.17, 15) is 14.4 Å². The Hall–Kier alpha value is -4.33. The van der Waals surface area contributed by atoms with E-state index in [0.29, 0.717) is 22.2 Å². The lowest BCUT2D eigenvalue weighted by Crippen LogP contribution is -2.41. The molecule has 1 aliphatic heterocycles. The summed E-state index contributed by atoms with van der Waals surface area (Å²) in [5.74, 6) is -1.69. The molecule has 2 aliphatic carbocycles. The number of ketones is 1. The van der Waals surface area contributed by atoms with Crippen molar-refractivity contribution in [3.05, 3.63) is 88.1 Å². The molecule has 0 bridgehead atoms. The molecule has 3 aliphatic rings.